The van der Waals surface area contributed by atoms with Gasteiger partial charge in [0.15, 0.2) is 0 Å². The van der Waals surface area contributed by atoms with Gasteiger partial charge in [-0.25, -0.2) is 0 Å². The van der Waals surface area contributed by atoms with Crippen molar-refractivity contribution in [2.24, 2.45) is 11.7 Å². The van der Waals surface area contributed by atoms with Gasteiger partial charge in [0.05, 0.1) is 7.11 Å². The van der Waals surface area contributed by atoms with Crippen LogP contribution in [0.25, 0.3) is 0 Å². The third-order valence-corrected chi connectivity index (χ3v) is 1.79. The Bertz CT molecular complexity index is 132. The molecule has 0 spiro atoms. The lowest BCUT2D eigenvalue weighted by atomic mass is 10.1. The number of ether oxygens (including phenoxy) is 1. The van der Waals surface area contributed by atoms with Crippen molar-refractivity contribution in [1.29, 1.82) is 0 Å². The summed E-state index contributed by atoms with van der Waals surface area (Å²) in [6, 6.07) is -0.391. The van der Waals surface area contributed by atoms with Crippen LogP contribution in [0.3, 0.4) is 0 Å². The SMILES string of the molecule is COC(=O)[C@@H](N)CC1CC1. The minimum Gasteiger partial charge on any atom is -0.468 e. The molecule has 0 saturated heterocycles. The molecule has 3 nitrogen and oxygen atoms in total. The highest BCUT2D eigenvalue weighted by Gasteiger charge is 2.27. The Morgan fingerprint density at radius 3 is 2.80 bits per heavy atom. The molecule has 1 atom stereocenters. The summed E-state index contributed by atoms with van der Waals surface area (Å²) in [6.45, 7) is 0. The van der Waals surface area contributed by atoms with E-state index in [9.17, 15) is 4.79 Å². The van der Waals surface area contributed by atoms with Crippen molar-refractivity contribution in [3.05, 3.63) is 0 Å². The van der Waals surface area contributed by atoms with Crippen molar-refractivity contribution < 1.29 is 9.53 Å². The van der Waals surface area contributed by atoms with E-state index in [1.807, 2.05) is 0 Å². The van der Waals surface area contributed by atoms with Crippen LogP contribution in [0.1, 0.15) is 19.3 Å². The first kappa shape index (κ1) is 7.54. The first-order valence-electron chi connectivity index (χ1n) is 3.57. The molecular weight excluding hydrogens is 130 g/mol. The second-order valence-corrected chi connectivity index (χ2v) is 2.81. The molecule has 0 heterocycles. The molecule has 0 aromatic rings. The van der Waals surface area contributed by atoms with Gasteiger partial charge in [0.1, 0.15) is 6.04 Å². The minimum atomic E-state index is -0.391. The van der Waals surface area contributed by atoms with Gasteiger partial charge in [-0.1, -0.05) is 12.8 Å². The number of rotatable bonds is 3. The Hall–Kier alpha value is -0.570. The maximum atomic E-state index is 10.7. The van der Waals surface area contributed by atoms with E-state index in [1.54, 1.807) is 0 Å². The predicted molar refractivity (Wildman–Crippen MR) is 37.3 cm³/mol. The van der Waals surface area contributed by atoms with Gasteiger partial charge in [0.2, 0.25) is 0 Å². The van der Waals surface area contributed by atoms with Crippen LogP contribution in [0.2, 0.25) is 0 Å². The van der Waals surface area contributed by atoms with Gasteiger partial charge in [0.25, 0.3) is 0 Å². The van der Waals surface area contributed by atoms with E-state index in [0.29, 0.717) is 5.92 Å². The van der Waals surface area contributed by atoms with Gasteiger partial charge in [-0.2, -0.15) is 0 Å². The highest BCUT2D eigenvalue weighted by atomic mass is 16.5. The smallest absolute Gasteiger partial charge is 0.322 e. The third kappa shape index (κ3) is 1.99. The van der Waals surface area contributed by atoms with Crippen molar-refractivity contribution >= 4 is 5.97 Å². The summed E-state index contributed by atoms with van der Waals surface area (Å²) in [5, 5.41) is 0. The molecule has 1 aliphatic carbocycles. The largest absolute Gasteiger partial charge is 0.468 e. The normalized spacial score (nSPS) is 20.2. The summed E-state index contributed by atoms with van der Waals surface area (Å²) in [4.78, 5) is 10.7. The zero-order valence-electron chi connectivity index (χ0n) is 6.17. The van der Waals surface area contributed by atoms with Crippen LogP contribution in [0.5, 0.6) is 0 Å². The summed E-state index contributed by atoms with van der Waals surface area (Å²) in [5.41, 5.74) is 5.49. The van der Waals surface area contributed by atoms with Gasteiger partial charge < -0.3 is 10.5 Å². The van der Waals surface area contributed by atoms with Crippen LogP contribution in [-0.2, 0) is 9.53 Å². The fraction of sp³-hybridized carbons (Fsp3) is 0.857. The van der Waals surface area contributed by atoms with E-state index in [0.717, 1.165) is 6.42 Å². The number of carbonyl (C=O) groups excluding carboxylic acids is 1. The number of esters is 1. The van der Waals surface area contributed by atoms with Crippen molar-refractivity contribution in [1.82, 2.24) is 0 Å². The summed E-state index contributed by atoms with van der Waals surface area (Å²) >= 11 is 0. The van der Waals surface area contributed by atoms with Gasteiger partial charge in [-0.3, -0.25) is 4.79 Å². The Kier molecular flexibility index (Phi) is 2.27. The molecule has 0 aromatic heterocycles. The molecule has 0 bridgehead atoms. The zero-order valence-corrected chi connectivity index (χ0v) is 6.17. The average molecular weight is 143 g/mol. The standard InChI is InChI=1S/C7H13NO2/c1-10-7(9)6(8)4-5-2-3-5/h5-6H,2-4,8H2,1H3/t6-/m0/s1. The molecule has 2 N–H and O–H groups in total. The molecule has 1 saturated carbocycles. The number of hydrogen-bond acceptors (Lipinski definition) is 3. The Balaban J connectivity index is 2.18. The fourth-order valence-corrected chi connectivity index (χ4v) is 0.960. The Labute approximate surface area is 60.5 Å². The first-order valence-corrected chi connectivity index (χ1v) is 3.57. The second-order valence-electron chi connectivity index (χ2n) is 2.81. The number of nitrogens with two attached hydrogens (primary N) is 1. The summed E-state index contributed by atoms with van der Waals surface area (Å²) in [6.07, 6.45) is 3.25. The van der Waals surface area contributed by atoms with E-state index in [-0.39, 0.29) is 5.97 Å². The van der Waals surface area contributed by atoms with Gasteiger partial charge in [-0.15, -0.1) is 0 Å². The molecule has 1 aliphatic rings. The third-order valence-electron chi connectivity index (χ3n) is 1.79. The quantitative estimate of drug-likeness (QED) is 0.577. The Morgan fingerprint density at radius 1 is 1.80 bits per heavy atom. The average Bonchev–Trinajstić information content (AvgIpc) is 2.70. The number of carbonyl (C=O) groups is 1. The lowest BCUT2D eigenvalue weighted by Crippen LogP contribution is -2.31. The monoisotopic (exact) mass is 143 g/mol. The predicted octanol–water partition coefficient (Wildman–Crippen LogP) is 0.287. The van der Waals surface area contributed by atoms with E-state index >= 15 is 0 Å². The lowest BCUT2D eigenvalue weighted by Gasteiger charge is -2.06. The summed E-state index contributed by atoms with van der Waals surface area (Å²) in [5.74, 6) is 0.404. The highest BCUT2D eigenvalue weighted by molar-refractivity contribution is 5.75. The molecular formula is C7H13NO2. The van der Waals surface area contributed by atoms with Crippen molar-refractivity contribution in [3.63, 3.8) is 0 Å². The molecule has 58 valence electrons. The van der Waals surface area contributed by atoms with Crippen LogP contribution >= 0.6 is 0 Å². The first-order chi connectivity index (χ1) is 4.74. The van der Waals surface area contributed by atoms with E-state index in [1.165, 1.54) is 20.0 Å². The highest BCUT2D eigenvalue weighted by Crippen LogP contribution is 2.33. The number of hydrogen-bond donors (Lipinski definition) is 1. The van der Waals surface area contributed by atoms with Crippen LogP contribution in [-0.4, -0.2) is 19.1 Å². The topological polar surface area (TPSA) is 52.3 Å². The van der Waals surface area contributed by atoms with Gasteiger partial charge in [-0.05, 0) is 12.3 Å². The molecule has 0 amide bonds. The maximum absolute atomic E-state index is 10.7. The Morgan fingerprint density at radius 2 is 2.40 bits per heavy atom. The van der Waals surface area contributed by atoms with Gasteiger partial charge >= 0.3 is 5.97 Å². The van der Waals surface area contributed by atoms with E-state index in [4.69, 9.17) is 5.73 Å². The van der Waals surface area contributed by atoms with Crippen LogP contribution < -0.4 is 5.73 Å². The molecule has 1 rings (SSSR count). The molecule has 0 radical (unpaired) electrons. The zero-order chi connectivity index (χ0) is 7.56. The van der Waals surface area contributed by atoms with Crippen LogP contribution in [0.4, 0.5) is 0 Å². The van der Waals surface area contributed by atoms with Crippen molar-refractivity contribution in [3.8, 4) is 0 Å². The molecule has 0 aromatic carbocycles. The fourth-order valence-electron chi connectivity index (χ4n) is 0.960. The van der Waals surface area contributed by atoms with Gasteiger partial charge in [0, 0.05) is 0 Å². The maximum Gasteiger partial charge on any atom is 0.322 e. The summed E-state index contributed by atoms with van der Waals surface area (Å²) < 4.78 is 4.48. The molecule has 1 fully saturated rings. The minimum absolute atomic E-state index is 0.285. The molecule has 10 heavy (non-hydrogen) atoms. The molecule has 3 heteroatoms. The van der Waals surface area contributed by atoms with Crippen molar-refractivity contribution in [2.45, 2.75) is 25.3 Å². The number of methoxy groups -OCH3 is 1. The summed E-state index contributed by atoms with van der Waals surface area (Å²) in [7, 11) is 1.37. The lowest BCUT2D eigenvalue weighted by molar-refractivity contribution is -0.142. The van der Waals surface area contributed by atoms with E-state index in [2.05, 4.69) is 4.74 Å². The molecule has 0 unspecified atom stereocenters. The molecule has 0 aliphatic heterocycles. The van der Waals surface area contributed by atoms with Crippen LogP contribution in [0, 0.1) is 5.92 Å². The van der Waals surface area contributed by atoms with Crippen molar-refractivity contribution in [2.75, 3.05) is 7.11 Å². The van der Waals surface area contributed by atoms with E-state index < -0.39 is 6.04 Å². The van der Waals surface area contributed by atoms with Crippen LogP contribution in [0.15, 0.2) is 0 Å². The second kappa shape index (κ2) is 3.01.